The predicted molar refractivity (Wildman–Crippen MR) is 97.5 cm³/mol. The number of piperazine rings is 1. The molecule has 1 aromatic carbocycles. The van der Waals surface area contributed by atoms with Crippen molar-refractivity contribution in [1.82, 2.24) is 15.1 Å². The number of anilines is 2. The van der Waals surface area contributed by atoms with Gasteiger partial charge >= 0.3 is 6.61 Å². The van der Waals surface area contributed by atoms with Crippen molar-refractivity contribution in [2.45, 2.75) is 13.5 Å². The van der Waals surface area contributed by atoms with Crippen LogP contribution in [0.5, 0.6) is 5.75 Å². The first-order valence-electron chi connectivity index (χ1n) is 8.56. The molecule has 2 aromatic rings. The average molecular weight is 377 g/mol. The Hall–Kier alpha value is -2.81. The van der Waals surface area contributed by atoms with Crippen LogP contribution in [-0.4, -0.2) is 60.8 Å². The molecule has 1 aliphatic heterocycles. The Morgan fingerprint density at radius 1 is 1.15 bits per heavy atom. The smallest absolute Gasteiger partial charge is 0.387 e. The summed E-state index contributed by atoms with van der Waals surface area (Å²) in [5.74, 6) is -0.635. The second-order valence-electron chi connectivity index (χ2n) is 6.36. The van der Waals surface area contributed by atoms with E-state index in [1.807, 2.05) is 7.05 Å². The molecule has 0 spiro atoms. The Morgan fingerprint density at radius 2 is 1.89 bits per heavy atom. The van der Waals surface area contributed by atoms with Gasteiger partial charge in [0.15, 0.2) is 11.4 Å². The van der Waals surface area contributed by atoms with Crippen LogP contribution in [0.25, 0.3) is 0 Å². The van der Waals surface area contributed by atoms with Crippen molar-refractivity contribution in [3.05, 3.63) is 41.7 Å². The van der Waals surface area contributed by atoms with E-state index in [0.717, 1.165) is 31.9 Å². The maximum atomic E-state index is 12.9. The van der Waals surface area contributed by atoms with E-state index in [0.29, 0.717) is 5.69 Å². The number of hydrogen-bond acceptors (Lipinski definition) is 6. The number of ether oxygens (including phenoxy) is 1. The molecule has 0 atom stereocenters. The zero-order valence-corrected chi connectivity index (χ0v) is 15.2. The van der Waals surface area contributed by atoms with Crippen LogP contribution in [0.2, 0.25) is 0 Å². The third-order valence-electron chi connectivity index (χ3n) is 4.33. The molecule has 2 heterocycles. The Kier molecular flexibility index (Phi) is 5.80. The van der Waals surface area contributed by atoms with Crippen molar-refractivity contribution in [3.8, 4) is 5.75 Å². The zero-order chi connectivity index (χ0) is 19.4. The van der Waals surface area contributed by atoms with Crippen LogP contribution in [0.1, 0.15) is 16.2 Å². The first kappa shape index (κ1) is 19.0. The lowest BCUT2D eigenvalue weighted by atomic mass is 10.2. The number of alkyl halides is 2. The molecule has 7 nitrogen and oxygen atoms in total. The third-order valence-corrected chi connectivity index (χ3v) is 4.33. The third kappa shape index (κ3) is 4.88. The Balaban J connectivity index is 1.81. The highest BCUT2D eigenvalue weighted by Gasteiger charge is 2.19. The number of halogens is 2. The molecule has 1 N–H and O–H groups in total. The number of carbonyl (C=O) groups is 1. The summed E-state index contributed by atoms with van der Waals surface area (Å²) in [4.78, 5) is 16.6. The van der Waals surface area contributed by atoms with Crippen LogP contribution in [0.15, 0.2) is 30.3 Å². The van der Waals surface area contributed by atoms with Crippen LogP contribution < -0.4 is 15.0 Å². The highest BCUT2D eigenvalue weighted by atomic mass is 19.3. The fourth-order valence-corrected chi connectivity index (χ4v) is 2.78. The van der Waals surface area contributed by atoms with Gasteiger partial charge in [0, 0.05) is 37.9 Å². The number of aryl methyl sites for hydroxylation is 1. The normalized spacial score (nSPS) is 15.1. The van der Waals surface area contributed by atoms with Crippen molar-refractivity contribution in [3.63, 3.8) is 0 Å². The van der Waals surface area contributed by atoms with Crippen LogP contribution in [0.4, 0.5) is 20.2 Å². The van der Waals surface area contributed by atoms with E-state index in [1.54, 1.807) is 25.1 Å². The number of likely N-dealkylation sites (N-methyl/N-ethyl adjacent to an activating group) is 1. The molecule has 1 fully saturated rings. The number of carbonyl (C=O) groups excluding carboxylic acids is 1. The molecule has 1 amide bonds. The number of aromatic nitrogens is 2. The fraction of sp³-hybridized carbons (Fsp3) is 0.389. The second kappa shape index (κ2) is 8.26. The number of nitrogens with one attached hydrogen (secondary N) is 1. The van der Waals surface area contributed by atoms with Gasteiger partial charge in [-0.1, -0.05) is 0 Å². The highest BCUT2D eigenvalue weighted by molar-refractivity contribution is 6.03. The summed E-state index contributed by atoms with van der Waals surface area (Å²) in [5.41, 5.74) is 1.68. The highest BCUT2D eigenvalue weighted by Crippen LogP contribution is 2.32. The Labute approximate surface area is 155 Å². The van der Waals surface area contributed by atoms with E-state index < -0.39 is 12.5 Å². The molecular formula is C18H21F2N5O2. The monoisotopic (exact) mass is 377 g/mol. The lowest BCUT2D eigenvalue weighted by molar-refractivity contribution is -0.0493. The molecule has 0 unspecified atom stereocenters. The second-order valence-corrected chi connectivity index (χ2v) is 6.36. The largest absolute Gasteiger partial charge is 0.433 e. The number of nitrogens with zero attached hydrogens (tertiary/aromatic N) is 4. The standard InChI is InChI=1S/C18H21F2N5O2/c1-12-3-5-15(23-22-12)17(26)21-14-6-4-13(11-16(14)27-18(19)20)25-9-7-24(2)8-10-25/h3-6,11,18H,7-10H2,1-2H3,(H,21,26). The van der Waals surface area contributed by atoms with Crippen molar-refractivity contribution < 1.29 is 18.3 Å². The van der Waals surface area contributed by atoms with Crippen LogP contribution >= 0.6 is 0 Å². The number of amides is 1. The summed E-state index contributed by atoms with van der Waals surface area (Å²) in [5, 5.41) is 10.2. The van der Waals surface area contributed by atoms with Gasteiger partial charge in [-0.05, 0) is 38.2 Å². The minimum absolute atomic E-state index is 0.0881. The molecule has 144 valence electrons. The average Bonchev–Trinajstić information content (AvgIpc) is 2.64. The lowest BCUT2D eigenvalue weighted by Gasteiger charge is -2.34. The van der Waals surface area contributed by atoms with Crippen LogP contribution in [-0.2, 0) is 0 Å². The molecule has 0 saturated carbocycles. The van der Waals surface area contributed by atoms with E-state index in [2.05, 4.69) is 30.1 Å². The van der Waals surface area contributed by atoms with E-state index >= 15 is 0 Å². The van der Waals surface area contributed by atoms with E-state index in [9.17, 15) is 13.6 Å². The van der Waals surface area contributed by atoms with E-state index in [1.165, 1.54) is 12.1 Å². The molecule has 27 heavy (non-hydrogen) atoms. The fourth-order valence-electron chi connectivity index (χ4n) is 2.78. The quantitative estimate of drug-likeness (QED) is 0.863. The molecule has 3 rings (SSSR count). The predicted octanol–water partition coefficient (Wildman–Crippen LogP) is 2.39. The van der Waals surface area contributed by atoms with Gasteiger partial charge in [-0.15, -0.1) is 5.10 Å². The Morgan fingerprint density at radius 3 is 2.52 bits per heavy atom. The van der Waals surface area contributed by atoms with E-state index in [-0.39, 0.29) is 17.1 Å². The van der Waals surface area contributed by atoms with Gasteiger partial charge in [-0.2, -0.15) is 13.9 Å². The molecule has 0 radical (unpaired) electrons. The van der Waals surface area contributed by atoms with Crippen LogP contribution in [0.3, 0.4) is 0 Å². The minimum atomic E-state index is -3.00. The molecule has 9 heteroatoms. The maximum absolute atomic E-state index is 12.9. The summed E-state index contributed by atoms with van der Waals surface area (Å²) in [6.07, 6.45) is 0. The molecule has 0 bridgehead atoms. The summed E-state index contributed by atoms with van der Waals surface area (Å²) in [7, 11) is 2.04. The zero-order valence-electron chi connectivity index (χ0n) is 15.2. The number of hydrogen-bond donors (Lipinski definition) is 1. The summed E-state index contributed by atoms with van der Waals surface area (Å²) in [6.45, 7) is 2.10. The van der Waals surface area contributed by atoms with Gasteiger partial charge in [-0.3, -0.25) is 4.79 Å². The summed E-state index contributed by atoms with van der Waals surface area (Å²) < 4.78 is 30.3. The first-order valence-corrected chi connectivity index (χ1v) is 8.56. The first-order chi connectivity index (χ1) is 12.9. The van der Waals surface area contributed by atoms with Crippen molar-refractivity contribution >= 4 is 17.3 Å². The van der Waals surface area contributed by atoms with E-state index in [4.69, 9.17) is 0 Å². The van der Waals surface area contributed by atoms with Gasteiger partial charge in [0.1, 0.15) is 0 Å². The van der Waals surface area contributed by atoms with Crippen molar-refractivity contribution in [2.75, 3.05) is 43.4 Å². The minimum Gasteiger partial charge on any atom is -0.433 e. The van der Waals surface area contributed by atoms with Gasteiger partial charge in [0.2, 0.25) is 0 Å². The van der Waals surface area contributed by atoms with Crippen molar-refractivity contribution in [1.29, 1.82) is 0 Å². The van der Waals surface area contributed by atoms with Gasteiger partial charge in [-0.25, -0.2) is 0 Å². The van der Waals surface area contributed by atoms with Crippen LogP contribution in [0, 0.1) is 6.92 Å². The molecule has 1 aromatic heterocycles. The molecule has 1 saturated heterocycles. The summed E-state index contributed by atoms with van der Waals surface area (Å²) >= 11 is 0. The van der Waals surface area contributed by atoms with Gasteiger partial charge in [0.25, 0.3) is 5.91 Å². The molecule has 0 aliphatic carbocycles. The summed E-state index contributed by atoms with van der Waals surface area (Å²) in [6, 6.07) is 8.03. The SMILES string of the molecule is Cc1ccc(C(=O)Nc2ccc(N3CCN(C)CC3)cc2OC(F)F)nn1. The molecule has 1 aliphatic rings. The number of benzene rings is 1. The number of rotatable bonds is 5. The van der Waals surface area contributed by atoms with Crippen molar-refractivity contribution in [2.24, 2.45) is 0 Å². The Bertz CT molecular complexity index is 793. The topological polar surface area (TPSA) is 70.6 Å². The van der Waals surface area contributed by atoms with Gasteiger partial charge in [0.05, 0.1) is 11.4 Å². The maximum Gasteiger partial charge on any atom is 0.387 e. The molecular weight excluding hydrogens is 356 g/mol. The van der Waals surface area contributed by atoms with Gasteiger partial charge < -0.3 is 19.9 Å². The lowest BCUT2D eigenvalue weighted by Crippen LogP contribution is -2.44.